The van der Waals surface area contributed by atoms with E-state index in [1.54, 1.807) is 51.1 Å². The van der Waals surface area contributed by atoms with Crippen molar-refractivity contribution in [3.8, 4) is 6.07 Å². The number of allylic oxidation sites excluding steroid dienone is 1. The molecular formula is C19H22N2O3. The number of amides is 2. The van der Waals surface area contributed by atoms with Gasteiger partial charge in [0, 0.05) is 5.92 Å². The minimum absolute atomic E-state index is 0.237. The zero-order valence-corrected chi connectivity index (χ0v) is 14.3. The Kier molecular flexibility index (Phi) is 5.08. The van der Waals surface area contributed by atoms with Gasteiger partial charge in [0.15, 0.2) is 0 Å². The lowest BCUT2D eigenvalue weighted by Crippen LogP contribution is -2.39. The molecule has 5 nitrogen and oxygen atoms in total. The molecule has 0 radical (unpaired) electrons. The molecule has 1 heterocycles. The zero-order valence-electron chi connectivity index (χ0n) is 14.3. The lowest BCUT2D eigenvalue weighted by molar-refractivity contribution is -0.131. The fourth-order valence-corrected chi connectivity index (χ4v) is 2.82. The van der Waals surface area contributed by atoms with E-state index in [9.17, 15) is 9.59 Å². The molecule has 24 heavy (non-hydrogen) atoms. The van der Waals surface area contributed by atoms with Crippen molar-refractivity contribution in [2.45, 2.75) is 45.3 Å². The Bertz CT molecular complexity index is 680. The second-order valence-corrected chi connectivity index (χ2v) is 6.90. The molecule has 2 rings (SSSR count). The number of ether oxygens (including phenoxy) is 1. The van der Waals surface area contributed by atoms with Crippen molar-refractivity contribution in [2.24, 2.45) is 5.92 Å². The second-order valence-electron chi connectivity index (χ2n) is 6.90. The summed E-state index contributed by atoms with van der Waals surface area (Å²) in [5, 5.41) is 8.92. The minimum Gasteiger partial charge on any atom is -0.443 e. The number of hydrogen-bond acceptors (Lipinski definition) is 4. The Morgan fingerprint density at radius 2 is 2.04 bits per heavy atom. The summed E-state index contributed by atoms with van der Waals surface area (Å²) in [4.78, 5) is 26.4. The Hall–Kier alpha value is -2.61. The largest absolute Gasteiger partial charge is 0.443 e. The first-order chi connectivity index (χ1) is 11.3. The third-order valence-electron chi connectivity index (χ3n) is 3.87. The quantitative estimate of drug-likeness (QED) is 0.788. The number of nitrogens with zero attached hydrogens (tertiary/aromatic N) is 2. The zero-order chi connectivity index (χ0) is 17.9. The molecule has 0 bridgehead atoms. The van der Waals surface area contributed by atoms with Gasteiger partial charge in [-0.15, -0.1) is 6.58 Å². The van der Waals surface area contributed by atoms with Crippen molar-refractivity contribution < 1.29 is 14.3 Å². The summed E-state index contributed by atoms with van der Waals surface area (Å²) in [5.41, 5.74) is 0.678. The van der Waals surface area contributed by atoms with Crippen molar-refractivity contribution in [2.75, 3.05) is 0 Å². The number of carbonyl (C=O) groups excluding carboxylic acids is 2. The first kappa shape index (κ1) is 17.7. The molecule has 0 saturated carbocycles. The van der Waals surface area contributed by atoms with Crippen LogP contribution in [0.2, 0.25) is 0 Å². The molecule has 1 aliphatic heterocycles. The first-order valence-electron chi connectivity index (χ1n) is 7.94. The van der Waals surface area contributed by atoms with E-state index in [2.05, 4.69) is 12.6 Å². The smallest absolute Gasteiger partial charge is 0.417 e. The van der Waals surface area contributed by atoms with Gasteiger partial charge < -0.3 is 4.74 Å². The summed E-state index contributed by atoms with van der Waals surface area (Å²) in [6.07, 6.45) is 2.10. The van der Waals surface area contributed by atoms with Gasteiger partial charge in [0.1, 0.15) is 5.60 Å². The van der Waals surface area contributed by atoms with E-state index in [-0.39, 0.29) is 17.9 Å². The maximum atomic E-state index is 12.7. The SMILES string of the molecule is C=CC[C@H]1C[C@@H](c2ccc(C#N)cc2)N(C(=O)OC(C)(C)C)C1=O. The van der Waals surface area contributed by atoms with Crippen LogP contribution in [0.3, 0.4) is 0 Å². The Morgan fingerprint density at radius 3 is 2.54 bits per heavy atom. The van der Waals surface area contributed by atoms with Crippen molar-refractivity contribution in [3.05, 3.63) is 48.0 Å². The predicted molar refractivity (Wildman–Crippen MR) is 89.9 cm³/mol. The molecule has 0 aliphatic carbocycles. The van der Waals surface area contributed by atoms with E-state index in [1.807, 2.05) is 0 Å². The molecule has 1 aliphatic rings. The predicted octanol–water partition coefficient (Wildman–Crippen LogP) is 3.96. The van der Waals surface area contributed by atoms with E-state index in [0.29, 0.717) is 18.4 Å². The van der Waals surface area contributed by atoms with Crippen LogP contribution in [-0.4, -0.2) is 22.5 Å². The van der Waals surface area contributed by atoms with Gasteiger partial charge in [0.05, 0.1) is 17.7 Å². The maximum absolute atomic E-state index is 12.7. The summed E-state index contributed by atoms with van der Waals surface area (Å²) in [7, 11) is 0. The fourth-order valence-electron chi connectivity index (χ4n) is 2.82. The van der Waals surface area contributed by atoms with Gasteiger partial charge >= 0.3 is 6.09 Å². The number of rotatable bonds is 3. The molecule has 1 fully saturated rings. The van der Waals surface area contributed by atoms with Crippen LogP contribution in [0.5, 0.6) is 0 Å². The second kappa shape index (κ2) is 6.88. The number of carbonyl (C=O) groups is 2. The normalized spacial score (nSPS) is 20.6. The van der Waals surface area contributed by atoms with Gasteiger partial charge in [0.25, 0.3) is 0 Å². The molecule has 5 heteroatoms. The van der Waals surface area contributed by atoms with Gasteiger partial charge in [-0.3, -0.25) is 4.79 Å². The Labute approximate surface area is 142 Å². The van der Waals surface area contributed by atoms with Gasteiger partial charge in [-0.1, -0.05) is 18.2 Å². The summed E-state index contributed by atoms with van der Waals surface area (Å²) in [5.74, 6) is -0.519. The van der Waals surface area contributed by atoms with Crippen LogP contribution in [0.25, 0.3) is 0 Å². The van der Waals surface area contributed by atoms with Crippen LogP contribution in [0, 0.1) is 17.2 Å². The summed E-state index contributed by atoms with van der Waals surface area (Å²) in [6, 6.07) is 8.62. The van der Waals surface area contributed by atoms with Gasteiger partial charge in [-0.05, 0) is 51.3 Å². The van der Waals surface area contributed by atoms with Crippen molar-refractivity contribution in [3.63, 3.8) is 0 Å². The average Bonchev–Trinajstić information content (AvgIpc) is 2.83. The van der Waals surface area contributed by atoms with Gasteiger partial charge in [0.2, 0.25) is 5.91 Å². The Morgan fingerprint density at radius 1 is 1.42 bits per heavy atom. The number of hydrogen-bond donors (Lipinski definition) is 0. The third kappa shape index (κ3) is 3.83. The average molecular weight is 326 g/mol. The van der Waals surface area contributed by atoms with Crippen LogP contribution in [0.1, 0.15) is 50.8 Å². The van der Waals surface area contributed by atoms with Crippen LogP contribution >= 0.6 is 0 Å². The third-order valence-corrected chi connectivity index (χ3v) is 3.87. The highest BCUT2D eigenvalue weighted by atomic mass is 16.6. The summed E-state index contributed by atoms with van der Waals surface area (Å²) < 4.78 is 5.40. The van der Waals surface area contributed by atoms with E-state index < -0.39 is 11.7 Å². The number of likely N-dealkylation sites (tertiary alicyclic amines) is 1. The molecule has 1 aromatic rings. The maximum Gasteiger partial charge on any atom is 0.417 e. The van der Waals surface area contributed by atoms with Gasteiger partial charge in [-0.2, -0.15) is 5.26 Å². The lowest BCUT2D eigenvalue weighted by atomic mass is 9.97. The van der Waals surface area contributed by atoms with Crippen LogP contribution in [0.4, 0.5) is 4.79 Å². The number of benzene rings is 1. The van der Waals surface area contributed by atoms with Crippen molar-refractivity contribution >= 4 is 12.0 Å². The monoisotopic (exact) mass is 326 g/mol. The number of imide groups is 1. The molecular weight excluding hydrogens is 304 g/mol. The summed E-state index contributed by atoms with van der Waals surface area (Å²) >= 11 is 0. The molecule has 0 unspecified atom stereocenters. The van der Waals surface area contributed by atoms with E-state index >= 15 is 0 Å². The molecule has 126 valence electrons. The highest BCUT2D eigenvalue weighted by molar-refractivity contribution is 5.96. The van der Waals surface area contributed by atoms with Crippen LogP contribution in [0.15, 0.2) is 36.9 Å². The fraction of sp³-hybridized carbons (Fsp3) is 0.421. The van der Waals surface area contributed by atoms with E-state index in [4.69, 9.17) is 10.00 Å². The molecule has 2 amide bonds. The highest BCUT2D eigenvalue weighted by Gasteiger charge is 2.44. The molecule has 2 atom stereocenters. The van der Waals surface area contributed by atoms with E-state index in [0.717, 1.165) is 5.56 Å². The lowest BCUT2D eigenvalue weighted by Gasteiger charge is -2.27. The van der Waals surface area contributed by atoms with Crippen molar-refractivity contribution in [1.29, 1.82) is 5.26 Å². The number of nitriles is 1. The molecule has 0 N–H and O–H groups in total. The Balaban J connectivity index is 2.34. The molecule has 1 saturated heterocycles. The molecule has 0 spiro atoms. The minimum atomic E-state index is -0.677. The van der Waals surface area contributed by atoms with E-state index in [1.165, 1.54) is 4.90 Å². The topological polar surface area (TPSA) is 70.4 Å². The molecule has 0 aromatic heterocycles. The highest BCUT2D eigenvalue weighted by Crippen LogP contribution is 2.39. The van der Waals surface area contributed by atoms with Crippen LogP contribution in [-0.2, 0) is 9.53 Å². The first-order valence-corrected chi connectivity index (χ1v) is 7.94. The molecule has 1 aromatic carbocycles. The van der Waals surface area contributed by atoms with Crippen molar-refractivity contribution in [1.82, 2.24) is 4.90 Å². The standard InChI is InChI=1S/C19H22N2O3/c1-5-6-15-11-16(14-9-7-13(12-20)8-10-14)21(17(15)22)18(23)24-19(2,3)4/h5,7-10,15-16H,1,6,11H2,2-4H3/t15-,16-/m0/s1. The summed E-state index contributed by atoms with van der Waals surface area (Å²) in [6.45, 7) is 8.99. The van der Waals surface area contributed by atoms with Crippen LogP contribution < -0.4 is 0 Å². The van der Waals surface area contributed by atoms with Gasteiger partial charge in [-0.25, -0.2) is 9.69 Å².